The number of nitrogens with two attached hydrogens (primary N) is 1. The molecule has 6 N–H and O–H groups in total. The lowest BCUT2D eigenvalue weighted by atomic mass is 10.1. The van der Waals surface area contributed by atoms with E-state index in [2.05, 4.69) is 20.6 Å². The largest absolute Gasteiger partial charge is 0.481 e. The van der Waals surface area contributed by atoms with Crippen molar-refractivity contribution in [2.45, 2.75) is 44.3 Å². The predicted molar refractivity (Wildman–Crippen MR) is 133 cm³/mol. The second-order valence-electron chi connectivity index (χ2n) is 8.35. The number of carboxylic acids is 1. The molecule has 0 saturated heterocycles. The highest BCUT2D eigenvalue weighted by Crippen LogP contribution is 2.14. The molecule has 0 bridgehead atoms. The van der Waals surface area contributed by atoms with E-state index in [1.54, 1.807) is 18.3 Å². The Morgan fingerprint density at radius 3 is 2.38 bits per heavy atom. The summed E-state index contributed by atoms with van der Waals surface area (Å²) in [7, 11) is 0. The van der Waals surface area contributed by atoms with Gasteiger partial charge >= 0.3 is 11.9 Å². The fourth-order valence-electron chi connectivity index (χ4n) is 3.43. The minimum absolute atomic E-state index is 0.00544. The molecular weight excluding hydrogens is 478 g/mol. The number of aliphatic carboxylic acids is 1. The van der Waals surface area contributed by atoms with Crippen molar-refractivity contribution < 1.29 is 29.0 Å². The van der Waals surface area contributed by atoms with Crippen LogP contribution in [0.3, 0.4) is 0 Å². The number of benzene rings is 2. The standard InChI is InChI=1S/C26H29N5O6/c27-21(13-24(34)37-20-9-6-17(7-10-20)8-11-23(32)33)25(35)31-22(12-19-15-28-16-30-19)26(36)29-14-18-4-2-1-3-5-18/h1-7,9-10,15-16,21-22H,8,11-14,27H2,(H,28,30)(H,29,36)(H,31,35)(H,32,33)/t21-,22-/m0/s1. The Hall–Kier alpha value is -4.51. The Morgan fingerprint density at radius 2 is 1.73 bits per heavy atom. The first-order valence-corrected chi connectivity index (χ1v) is 11.7. The molecule has 0 fully saturated rings. The number of aromatic amines is 1. The van der Waals surface area contributed by atoms with Crippen molar-refractivity contribution in [1.29, 1.82) is 0 Å². The minimum atomic E-state index is -1.24. The van der Waals surface area contributed by atoms with Gasteiger partial charge in [-0.1, -0.05) is 42.5 Å². The maximum atomic E-state index is 12.8. The molecule has 2 amide bonds. The molecule has 3 aromatic rings. The van der Waals surface area contributed by atoms with Gasteiger partial charge in [0.2, 0.25) is 11.8 Å². The van der Waals surface area contributed by atoms with Gasteiger partial charge in [0.15, 0.2) is 0 Å². The quantitative estimate of drug-likeness (QED) is 0.169. The van der Waals surface area contributed by atoms with E-state index in [4.69, 9.17) is 15.6 Å². The van der Waals surface area contributed by atoms with Crippen LogP contribution in [-0.2, 0) is 38.6 Å². The van der Waals surface area contributed by atoms with Crippen LogP contribution in [-0.4, -0.2) is 50.9 Å². The van der Waals surface area contributed by atoms with Gasteiger partial charge in [-0.3, -0.25) is 19.2 Å². The van der Waals surface area contributed by atoms with Crippen LogP contribution in [0.5, 0.6) is 5.75 Å². The maximum Gasteiger partial charge on any atom is 0.313 e. The summed E-state index contributed by atoms with van der Waals surface area (Å²) >= 11 is 0. The molecule has 1 aromatic heterocycles. The molecule has 0 unspecified atom stereocenters. The summed E-state index contributed by atoms with van der Waals surface area (Å²) in [5.74, 6) is -2.48. The molecule has 0 spiro atoms. The zero-order valence-electron chi connectivity index (χ0n) is 20.1. The fraction of sp³-hybridized carbons (Fsp3) is 0.269. The van der Waals surface area contributed by atoms with Crippen molar-refractivity contribution in [2.75, 3.05) is 0 Å². The summed E-state index contributed by atoms with van der Waals surface area (Å²) in [6.07, 6.45) is 3.15. The van der Waals surface area contributed by atoms with Crippen LogP contribution in [0, 0.1) is 0 Å². The third-order valence-corrected chi connectivity index (χ3v) is 5.42. The lowest BCUT2D eigenvalue weighted by molar-refractivity contribution is -0.138. The number of amides is 2. The number of hydrogen-bond acceptors (Lipinski definition) is 7. The van der Waals surface area contributed by atoms with Crippen LogP contribution >= 0.6 is 0 Å². The highest BCUT2D eigenvalue weighted by molar-refractivity contribution is 5.92. The predicted octanol–water partition coefficient (Wildman–Crippen LogP) is 1.09. The second kappa shape index (κ2) is 13.5. The first kappa shape index (κ1) is 27.1. The minimum Gasteiger partial charge on any atom is -0.481 e. The average molecular weight is 508 g/mol. The molecule has 11 heteroatoms. The molecule has 0 aliphatic carbocycles. The maximum absolute atomic E-state index is 12.8. The topological polar surface area (TPSA) is 177 Å². The molecule has 11 nitrogen and oxygen atoms in total. The first-order chi connectivity index (χ1) is 17.8. The van der Waals surface area contributed by atoms with Gasteiger partial charge in [0.05, 0.1) is 24.5 Å². The lowest BCUT2D eigenvalue weighted by Gasteiger charge is -2.20. The van der Waals surface area contributed by atoms with E-state index in [0.717, 1.165) is 11.1 Å². The van der Waals surface area contributed by atoms with Crippen molar-refractivity contribution in [2.24, 2.45) is 5.73 Å². The van der Waals surface area contributed by atoms with E-state index in [1.165, 1.54) is 18.5 Å². The van der Waals surface area contributed by atoms with Gasteiger partial charge < -0.3 is 31.2 Å². The molecule has 3 rings (SSSR count). The van der Waals surface area contributed by atoms with E-state index in [1.807, 2.05) is 30.3 Å². The van der Waals surface area contributed by atoms with Gasteiger partial charge in [0.25, 0.3) is 0 Å². The number of carbonyl (C=O) groups excluding carboxylic acids is 3. The highest BCUT2D eigenvalue weighted by atomic mass is 16.5. The SMILES string of the molecule is N[C@@H](CC(=O)Oc1ccc(CCC(=O)O)cc1)C(=O)N[C@@H](Cc1c[nH]cn1)C(=O)NCc1ccccc1. The van der Waals surface area contributed by atoms with E-state index < -0.39 is 42.3 Å². The van der Waals surface area contributed by atoms with Crippen LogP contribution in [0.15, 0.2) is 67.1 Å². The Kier molecular flexibility index (Phi) is 9.91. The number of carbonyl (C=O) groups is 4. The first-order valence-electron chi connectivity index (χ1n) is 11.7. The Balaban J connectivity index is 1.53. The van der Waals surface area contributed by atoms with Crippen LogP contribution in [0.2, 0.25) is 0 Å². The molecule has 2 atom stereocenters. The zero-order chi connectivity index (χ0) is 26.6. The molecule has 0 aliphatic heterocycles. The van der Waals surface area contributed by atoms with Crippen molar-refractivity contribution in [1.82, 2.24) is 20.6 Å². The number of rotatable bonds is 13. The number of hydrogen-bond donors (Lipinski definition) is 5. The van der Waals surface area contributed by atoms with E-state index in [0.29, 0.717) is 12.1 Å². The number of nitrogens with zero attached hydrogens (tertiary/aromatic N) is 1. The summed E-state index contributed by atoms with van der Waals surface area (Å²) in [4.78, 5) is 55.5. The van der Waals surface area contributed by atoms with Gasteiger partial charge in [-0.2, -0.15) is 0 Å². The number of H-pyrrole nitrogens is 1. The van der Waals surface area contributed by atoms with Crippen LogP contribution < -0.4 is 21.1 Å². The molecular formula is C26H29N5O6. The summed E-state index contributed by atoms with van der Waals surface area (Å²) in [6.45, 7) is 0.278. The number of nitrogens with one attached hydrogen (secondary N) is 3. The zero-order valence-corrected chi connectivity index (χ0v) is 20.1. The van der Waals surface area contributed by atoms with E-state index >= 15 is 0 Å². The summed E-state index contributed by atoms with van der Waals surface area (Å²) in [6, 6.07) is 13.5. The summed E-state index contributed by atoms with van der Waals surface area (Å²) in [5, 5.41) is 14.2. The van der Waals surface area contributed by atoms with Crippen molar-refractivity contribution in [3.05, 3.63) is 83.9 Å². The highest BCUT2D eigenvalue weighted by Gasteiger charge is 2.26. The fourth-order valence-corrected chi connectivity index (χ4v) is 3.43. The van der Waals surface area contributed by atoms with Gasteiger partial charge in [0.1, 0.15) is 11.8 Å². The van der Waals surface area contributed by atoms with Crippen LogP contribution in [0.1, 0.15) is 29.7 Å². The Morgan fingerprint density at radius 1 is 1.00 bits per heavy atom. The molecule has 0 radical (unpaired) electrons. The van der Waals surface area contributed by atoms with E-state index in [9.17, 15) is 19.2 Å². The monoisotopic (exact) mass is 507 g/mol. The van der Waals surface area contributed by atoms with Crippen LogP contribution in [0.4, 0.5) is 0 Å². The number of aryl methyl sites for hydroxylation is 1. The van der Waals surface area contributed by atoms with Gasteiger partial charge in [-0.05, 0) is 29.7 Å². The third-order valence-electron chi connectivity index (χ3n) is 5.42. The second-order valence-corrected chi connectivity index (χ2v) is 8.35. The number of esters is 1. The van der Waals surface area contributed by atoms with Gasteiger partial charge in [-0.25, -0.2) is 4.98 Å². The van der Waals surface area contributed by atoms with Crippen molar-refractivity contribution >= 4 is 23.8 Å². The molecule has 0 saturated carbocycles. The number of ether oxygens (including phenoxy) is 1. The Labute approximate surface area is 213 Å². The van der Waals surface area contributed by atoms with Gasteiger partial charge in [-0.15, -0.1) is 0 Å². The summed E-state index contributed by atoms with van der Waals surface area (Å²) < 4.78 is 5.23. The molecule has 1 heterocycles. The van der Waals surface area contributed by atoms with Crippen molar-refractivity contribution in [3.8, 4) is 5.75 Å². The van der Waals surface area contributed by atoms with Crippen LogP contribution in [0.25, 0.3) is 0 Å². The average Bonchev–Trinajstić information content (AvgIpc) is 3.40. The van der Waals surface area contributed by atoms with E-state index in [-0.39, 0.29) is 25.1 Å². The molecule has 37 heavy (non-hydrogen) atoms. The lowest BCUT2D eigenvalue weighted by Crippen LogP contribution is -2.53. The summed E-state index contributed by atoms with van der Waals surface area (Å²) in [5.41, 5.74) is 8.18. The number of imidazole rings is 1. The molecule has 2 aromatic carbocycles. The molecule has 0 aliphatic rings. The Bertz CT molecular complexity index is 1180. The number of carboxylic acid groups (broad SMARTS) is 1. The van der Waals surface area contributed by atoms with Crippen molar-refractivity contribution in [3.63, 3.8) is 0 Å². The number of aromatic nitrogens is 2. The van der Waals surface area contributed by atoms with Gasteiger partial charge in [0, 0.05) is 25.6 Å². The third kappa shape index (κ3) is 9.22. The smallest absolute Gasteiger partial charge is 0.313 e. The molecule has 194 valence electrons. The normalized spacial score (nSPS) is 12.2.